The summed E-state index contributed by atoms with van der Waals surface area (Å²) in [5.74, 6) is 1.87. The van der Waals surface area contributed by atoms with E-state index in [0.29, 0.717) is 17.6 Å². The molecule has 0 atom stereocenters. The predicted molar refractivity (Wildman–Crippen MR) is 189 cm³/mol. The normalized spacial score (nSPS) is 11.9. The minimum absolute atomic E-state index is 0.592. The molecule has 10 aromatic rings. The molecule has 0 spiro atoms. The molecule has 10 rings (SSSR count). The highest BCUT2D eigenvalue weighted by Gasteiger charge is 2.20. The zero-order valence-electron chi connectivity index (χ0n) is 24.7. The van der Waals surface area contributed by atoms with Gasteiger partial charge in [-0.2, -0.15) is 9.97 Å². The van der Waals surface area contributed by atoms with Crippen LogP contribution in [0.15, 0.2) is 152 Å². The molecular weight excluding hydrogens is 562 g/mol. The second-order valence-corrected chi connectivity index (χ2v) is 11.7. The second kappa shape index (κ2) is 9.58. The number of fused-ring (bicyclic) bond motifs is 11. The predicted octanol–water partition coefficient (Wildman–Crippen LogP) is 10.0. The van der Waals surface area contributed by atoms with Crippen molar-refractivity contribution in [2.45, 2.75) is 0 Å². The molecule has 0 saturated heterocycles. The SMILES string of the molecule is c1ccc(-c2nc(-c3ccccc3)nc(-n3c4ccccc4c4cc5cc6c7ccccc7c7ccccc7n6c5cc43)n2)cc1. The standard InChI is InChI=1S/C41H25N5/c1-3-13-26(14-4-1)39-42-40(27-15-5-2-6-16-27)44-41(43-39)46-35-22-12-10-20-32(35)33-23-28-24-37-31-19-8-7-17-29(31)30-18-9-11-21-34(30)45(37)36(28)25-38(33)46/h1-25H. The lowest BCUT2D eigenvalue weighted by atomic mass is 10.1. The topological polar surface area (TPSA) is 48.0 Å². The highest BCUT2D eigenvalue weighted by Crippen LogP contribution is 2.39. The molecule has 0 unspecified atom stereocenters. The van der Waals surface area contributed by atoms with Gasteiger partial charge in [-0.3, -0.25) is 4.57 Å². The molecule has 0 radical (unpaired) electrons. The maximum absolute atomic E-state index is 5.13. The average Bonchev–Trinajstić information content (AvgIpc) is 3.67. The van der Waals surface area contributed by atoms with Gasteiger partial charge in [0.25, 0.3) is 0 Å². The van der Waals surface area contributed by atoms with Gasteiger partial charge >= 0.3 is 0 Å². The van der Waals surface area contributed by atoms with Crippen molar-refractivity contribution in [2.75, 3.05) is 0 Å². The molecule has 0 fully saturated rings. The van der Waals surface area contributed by atoms with Gasteiger partial charge in [-0.05, 0) is 35.7 Å². The summed E-state index contributed by atoms with van der Waals surface area (Å²) >= 11 is 0. The molecule has 0 N–H and O–H groups in total. The number of para-hydroxylation sites is 2. The Morgan fingerprint density at radius 3 is 1.52 bits per heavy atom. The fourth-order valence-electron chi connectivity index (χ4n) is 7.08. The van der Waals surface area contributed by atoms with E-state index in [4.69, 9.17) is 15.0 Å². The maximum Gasteiger partial charge on any atom is 0.238 e. The zero-order valence-corrected chi connectivity index (χ0v) is 24.7. The summed E-state index contributed by atoms with van der Waals surface area (Å²) in [5, 5.41) is 7.26. The largest absolute Gasteiger partial charge is 0.309 e. The van der Waals surface area contributed by atoms with E-state index < -0.39 is 0 Å². The minimum Gasteiger partial charge on any atom is -0.309 e. The van der Waals surface area contributed by atoms with Gasteiger partial charge in [0.1, 0.15) is 0 Å². The van der Waals surface area contributed by atoms with Gasteiger partial charge in [0.2, 0.25) is 5.95 Å². The zero-order chi connectivity index (χ0) is 30.2. The third-order valence-electron chi connectivity index (χ3n) is 9.12. The van der Waals surface area contributed by atoms with Gasteiger partial charge in [0.05, 0.1) is 27.6 Å². The first-order chi connectivity index (χ1) is 22.8. The van der Waals surface area contributed by atoms with E-state index in [2.05, 4.69) is 100.0 Å². The van der Waals surface area contributed by atoms with Crippen LogP contribution in [0.3, 0.4) is 0 Å². The van der Waals surface area contributed by atoms with Crippen LogP contribution >= 0.6 is 0 Å². The lowest BCUT2D eigenvalue weighted by Gasteiger charge is -2.11. The van der Waals surface area contributed by atoms with E-state index in [0.717, 1.165) is 38.4 Å². The average molecular weight is 588 g/mol. The summed E-state index contributed by atoms with van der Waals surface area (Å²) in [6, 6.07) is 53.2. The van der Waals surface area contributed by atoms with E-state index in [1.54, 1.807) is 0 Å². The van der Waals surface area contributed by atoms with Crippen molar-refractivity contribution in [1.82, 2.24) is 23.9 Å². The summed E-state index contributed by atoms with van der Waals surface area (Å²) in [6.07, 6.45) is 0. The molecule has 4 aromatic heterocycles. The molecule has 5 heteroatoms. The molecule has 0 aliphatic rings. The molecule has 46 heavy (non-hydrogen) atoms. The molecule has 0 aliphatic carbocycles. The van der Waals surface area contributed by atoms with Crippen LogP contribution < -0.4 is 0 Å². The number of benzene rings is 6. The van der Waals surface area contributed by atoms with Gasteiger partial charge in [-0.15, -0.1) is 0 Å². The van der Waals surface area contributed by atoms with Gasteiger partial charge in [0.15, 0.2) is 11.6 Å². The number of nitrogens with zero attached hydrogens (tertiary/aromatic N) is 5. The highest BCUT2D eigenvalue weighted by atomic mass is 15.2. The fourth-order valence-corrected chi connectivity index (χ4v) is 7.08. The van der Waals surface area contributed by atoms with Gasteiger partial charge < -0.3 is 4.40 Å². The Bertz CT molecular complexity index is 2740. The molecule has 6 aromatic carbocycles. The van der Waals surface area contributed by atoms with E-state index in [-0.39, 0.29) is 0 Å². The Kier molecular flexibility index (Phi) is 5.22. The summed E-state index contributed by atoms with van der Waals surface area (Å²) in [4.78, 5) is 15.2. The Balaban J connectivity index is 1.35. The number of pyridine rings is 1. The van der Waals surface area contributed by atoms with Gasteiger partial charge in [0, 0.05) is 38.1 Å². The van der Waals surface area contributed by atoms with E-state index in [9.17, 15) is 0 Å². The Morgan fingerprint density at radius 2 is 0.870 bits per heavy atom. The molecule has 0 saturated carbocycles. The Morgan fingerprint density at radius 1 is 0.348 bits per heavy atom. The summed E-state index contributed by atoms with van der Waals surface area (Å²) in [7, 11) is 0. The van der Waals surface area contributed by atoms with Crippen molar-refractivity contribution in [2.24, 2.45) is 0 Å². The van der Waals surface area contributed by atoms with Crippen LogP contribution in [0.2, 0.25) is 0 Å². The Labute approximate surface area is 263 Å². The molecule has 0 aliphatic heterocycles. The summed E-state index contributed by atoms with van der Waals surface area (Å²) in [5.41, 5.74) is 7.53. The van der Waals surface area contributed by atoms with Crippen molar-refractivity contribution in [3.8, 4) is 28.7 Å². The molecule has 0 bridgehead atoms. The first-order valence-electron chi connectivity index (χ1n) is 15.5. The first-order valence-corrected chi connectivity index (χ1v) is 15.5. The van der Waals surface area contributed by atoms with Crippen LogP contribution in [0.4, 0.5) is 0 Å². The molecular formula is C41H25N5. The number of rotatable bonds is 3. The minimum atomic E-state index is 0.592. The number of hydrogen-bond acceptors (Lipinski definition) is 3. The van der Waals surface area contributed by atoms with Crippen molar-refractivity contribution < 1.29 is 0 Å². The van der Waals surface area contributed by atoms with Crippen molar-refractivity contribution in [1.29, 1.82) is 0 Å². The fraction of sp³-hybridized carbons (Fsp3) is 0. The maximum atomic E-state index is 5.13. The monoisotopic (exact) mass is 587 g/mol. The van der Waals surface area contributed by atoms with Gasteiger partial charge in [-0.25, -0.2) is 4.98 Å². The third-order valence-corrected chi connectivity index (χ3v) is 9.12. The van der Waals surface area contributed by atoms with E-state index >= 15 is 0 Å². The van der Waals surface area contributed by atoms with Crippen LogP contribution in [0.25, 0.3) is 88.6 Å². The van der Waals surface area contributed by atoms with Crippen LogP contribution in [0.1, 0.15) is 0 Å². The molecule has 214 valence electrons. The lowest BCUT2D eigenvalue weighted by molar-refractivity contribution is 0.953. The van der Waals surface area contributed by atoms with Crippen molar-refractivity contribution >= 4 is 59.9 Å². The second-order valence-electron chi connectivity index (χ2n) is 11.7. The molecule has 4 heterocycles. The first kappa shape index (κ1) is 25.0. The van der Waals surface area contributed by atoms with Crippen LogP contribution in [0, 0.1) is 0 Å². The van der Waals surface area contributed by atoms with Gasteiger partial charge in [-0.1, -0.05) is 121 Å². The Hall–Kier alpha value is -6.33. The quantitative estimate of drug-likeness (QED) is 0.193. The van der Waals surface area contributed by atoms with Crippen LogP contribution in [0.5, 0.6) is 0 Å². The molecule has 0 amide bonds. The number of hydrogen-bond donors (Lipinski definition) is 0. The lowest BCUT2D eigenvalue weighted by Crippen LogP contribution is -2.06. The summed E-state index contributed by atoms with van der Waals surface area (Å²) in [6.45, 7) is 0. The smallest absolute Gasteiger partial charge is 0.238 e. The van der Waals surface area contributed by atoms with Crippen molar-refractivity contribution in [3.05, 3.63) is 152 Å². The van der Waals surface area contributed by atoms with E-state index in [1.807, 2.05) is 60.7 Å². The number of aromatic nitrogens is 5. The van der Waals surface area contributed by atoms with Crippen LogP contribution in [-0.2, 0) is 0 Å². The third kappa shape index (κ3) is 3.60. The van der Waals surface area contributed by atoms with E-state index in [1.165, 1.54) is 32.6 Å². The van der Waals surface area contributed by atoms with Crippen molar-refractivity contribution in [3.63, 3.8) is 0 Å². The van der Waals surface area contributed by atoms with Crippen LogP contribution in [-0.4, -0.2) is 23.9 Å². The summed E-state index contributed by atoms with van der Waals surface area (Å²) < 4.78 is 4.61. The highest BCUT2D eigenvalue weighted by molar-refractivity contribution is 6.18. The molecule has 5 nitrogen and oxygen atoms in total.